The topological polar surface area (TPSA) is 62.5 Å². The summed E-state index contributed by atoms with van der Waals surface area (Å²) in [6, 6.07) is 5.52. The van der Waals surface area contributed by atoms with Crippen molar-refractivity contribution in [1.29, 1.82) is 0 Å². The number of likely N-dealkylation sites (tertiary alicyclic amines) is 1. The molecule has 3 aromatic rings. The zero-order valence-electron chi connectivity index (χ0n) is 17.4. The molecule has 0 unspecified atom stereocenters. The van der Waals surface area contributed by atoms with Crippen LogP contribution in [0.15, 0.2) is 40.8 Å². The number of hydrogen-bond donors (Lipinski definition) is 0. The van der Waals surface area contributed by atoms with E-state index in [4.69, 9.17) is 11.6 Å². The normalized spacial score (nSPS) is 15.5. The number of carbonyl (C=O) groups excluding carboxylic acids is 1. The minimum Gasteiger partial charge on any atom is -0.413 e. The number of carbonyl (C=O) groups is 1. The molecule has 2 amide bonds. The predicted octanol–water partition coefficient (Wildman–Crippen LogP) is 6.15. The first-order valence-corrected chi connectivity index (χ1v) is 10.3. The summed E-state index contributed by atoms with van der Waals surface area (Å²) in [6.45, 7) is -1.58. The SMILES string of the molecule is O=C(N1CCC(F)(F)C1)N(Cc1ccc(-c2nnc(C(F)(F)F)o2)cc1F)c1ccc(F)c(Cl)c1. The van der Waals surface area contributed by atoms with Crippen LogP contribution in [0.25, 0.3) is 11.5 Å². The van der Waals surface area contributed by atoms with E-state index in [9.17, 15) is 35.5 Å². The summed E-state index contributed by atoms with van der Waals surface area (Å²) in [6.07, 6.45) is -5.43. The van der Waals surface area contributed by atoms with Crippen LogP contribution in [0.2, 0.25) is 5.02 Å². The van der Waals surface area contributed by atoms with E-state index in [1.54, 1.807) is 0 Å². The summed E-state index contributed by atoms with van der Waals surface area (Å²) < 4.78 is 98.4. The molecule has 0 aliphatic carbocycles. The van der Waals surface area contributed by atoms with Gasteiger partial charge in [0.15, 0.2) is 0 Å². The van der Waals surface area contributed by atoms with Crippen molar-refractivity contribution in [1.82, 2.24) is 15.1 Å². The number of hydrogen-bond acceptors (Lipinski definition) is 4. The molecule has 0 N–H and O–H groups in total. The quantitative estimate of drug-likeness (QED) is 0.385. The minimum atomic E-state index is -4.88. The van der Waals surface area contributed by atoms with Crippen molar-refractivity contribution >= 4 is 23.3 Å². The van der Waals surface area contributed by atoms with Crippen molar-refractivity contribution in [2.45, 2.75) is 25.1 Å². The molecule has 186 valence electrons. The fourth-order valence-electron chi connectivity index (χ4n) is 3.43. The lowest BCUT2D eigenvalue weighted by atomic mass is 10.1. The van der Waals surface area contributed by atoms with Crippen LogP contribution >= 0.6 is 11.6 Å². The number of rotatable bonds is 4. The zero-order valence-corrected chi connectivity index (χ0v) is 18.2. The number of urea groups is 1. The zero-order chi connectivity index (χ0) is 25.5. The third-order valence-electron chi connectivity index (χ3n) is 5.18. The summed E-state index contributed by atoms with van der Waals surface area (Å²) in [4.78, 5) is 14.9. The van der Waals surface area contributed by atoms with Gasteiger partial charge >= 0.3 is 18.1 Å². The largest absolute Gasteiger partial charge is 0.470 e. The van der Waals surface area contributed by atoms with Crippen LogP contribution in [0.3, 0.4) is 0 Å². The summed E-state index contributed by atoms with van der Waals surface area (Å²) in [5.74, 6) is -7.02. The Bertz CT molecular complexity index is 1260. The van der Waals surface area contributed by atoms with E-state index in [2.05, 4.69) is 14.6 Å². The highest BCUT2D eigenvalue weighted by molar-refractivity contribution is 6.31. The van der Waals surface area contributed by atoms with E-state index in [1.807, 2.05) is 0 Å². The van der Waals surface area contributed by atoms with Crippen LogP contribution in [0.1, 0.15) is 17.9 Å². The van der Waals surface area contributed by atoms with Gasteiger partial charge in [-0.1, -0.05) is 17.7 Å². The molecule has 1 fully saturated rings. The van der Waals surface area contributed by atoms with E-state index in [-0.39, 0.29) is 28.4 Å². The minimum absolute atomic E-state index is 0.0202. The van der Waals surface area contributed by atoms with Gasteiger partial charge in [-0.2, -0.15) is 13.2 Å². The number of benzene rings is 2. The van der Waals surface area contributed by atoms with Crippen molar-refractivity contribution < 1.29 is 39.9 Å². The number of nitrogens with zero attached hydrogens (tertiary/aromatic N) is 4. The van der Waals surface area contributed by atoms with Crippen LogP contribution in [-0.2, 0) is 12.7 Å². The Hall–Kier alpha value is -3.35. The molecule has 14 heteroatoms. The van der Waals surface area contributed by atoms with Gasteiger partial charge < -0.3 is 9.32 Å². The first kappa shape index (κ1) is 24.8. The Kier molecular flexibility index (Phi) is 6.38. The van der Waals surface area contributed by atoms with Gasteiger partial charge in [-0.05, 0) is 30.3 Å². The molecule has 4 rings (SSSR count). The summed E-state index contributed by atoms with van der Waals surface area (Å²) >= 11 is 5.80. The van der Waals surface area contributed by atoms with Crippen LogP contribution in [0.4, 0.5) is 41.2 Å². The monoisotopic (exact) mass is 522 g/mol. The van der Waals surface area contributed by atoms with Crippen molar-refractivity contribution in [3.63, 3.8) is 0 Å². The molecule has 0 spiro atoms. The maximum atomic E-state index is 14.9. The average molecular weight is 523 g/mol. The predicted molar refractivity (Wildman–Crippen MR) is 109 cm³/mol. The van der Waals surface area contributed by atoms with E-state index in [1.165, 1.54) is 12.1 Å². The van der Waals surface area contributed by atoms with Gasteiger partial charge in [0, 0.05) is 29.8 Å². The Morgan fingerprint density at radius 1 is 1.11 bits per heavy atom. The second-order valence-electron chi connectivity index (χ2n) is 7.71. The first-order chi connectivity index (χ1) is 16.3. The van der Waals surface area contributed by atoms with Gasteiger partial charge in [0.25, 0.3) is 5.92 Å². The van der Waals surface area contributed by atoms with Crippen molar-refractivity contribution in [2.75, 3.05) is 18.0 Å². The van der Waals surface area contributed by atoms with Gasteiger partial charge in [-0.3, -0.25) is 4.90 Å². The van der Waals surface area contributed by atoms with Gasteiger partial charge in [-0.15, -0.1) is 10.2 Å². The van der Waals surface area contributed by atoms with Gasteiger partial charge in [0.05, 0.1) is 18.1 Å². The second kappa shape index (κ2) is 9.02. The lowest BCUT2D eigenvalue weighted by Gasteiger charge is -2.28. The van der Waals surface area contributed by atoms with Crippen LogP contribution < -0.4 is 4.90 Å². The third-order valence-corrected chi connectivity index (χ3v) is 5.47. The van der Waals surface area contributed by atoms with Gasteiger partial charge in [0.1, 0.15) is 11.6 Å². The lowest BCUT2D eigenvalue weighted by molar-refractivity contribution is -0.156. The Morgan fingerprint density at radius 2 is 1.86 bits per heavy atom. The second-order valence-corrected chi connectivity index (χ2v) is 8.12. The van der Waals surface area contributed by atoms with Gasteiger partial charge in [0.2, 0.25) is 5.89 Å². The molecule has 1 aromatic heterocycles. The number of anilines is 1. The molecule has 2 aromatic carbocycles. The molecule has 6 nitrogen and oxygen atoms in total. The highest BCUT2D eigenvalue weighted by Crippen LogP contribution is 2.33. The maximum absolute atomic E-state index is 14.9. The molecular formula is C21H14ClF7N4O2. The van der Waals surface area contributed by atoms with Crippen LogP contribution in [0.5, 0.6) is 0 Å². The molecular weight excluding hydrogens is 509 g/mol. The Labute approximate surface area is 197 Å². The number of halogens is 8. The number of amides is 2. The number of aromatic nitrogens is 2. The third kappa shape index (κ3) is 5.34. The summed E-state index contributed by atoms with van der Waals surface area (Å²) in [7, 11) is 0. The Morgan fingerprint density at radius 3 is 2.43 bits per heavy atom. The first-order valence-electron chi connectivity index (χ1n) is 9.93. The van der Waals surface area contributed by atoms with E-state index < -0.39 is 61.1 Å². The fourth-order valence-corrected chi connectivity index (χ4v) is 3.60. The molecule has 1 saturated heterocycles. The highest BCUT2D eigenvalue weighted by Gasteiger charge is 2.42. The molecule has 1 aliphatic rings. The molecule has 0 bridgehead atoms. The van der Waals surface area contributed by atoms with Crippen molar-refractivity contribution in [3.8, 4) is 11.5 Å². The molecule has 2 heterocycles. The maximum Gasteiger partial charge on any atom is 0.470 e. The number of alkyl halides is 5. The van der Waals surface area contributed by atoms with Crippen molar-refractivity contribution in [3.05, 3.63) is 64.5 Å². The van der Waals surface area contributed by atoms with Gasteiger partial charge in [-0.25, -0.2) is 22.4 Å². The fraction of sp³-hybridized carbons (Fsp3) is 0.286. The summed E-state index contributed by atoms with van der Waals surface area (Å²) in [5, 5.41) is 5.77. The Balaban J connectivity index is 1.64. The smallest absolute Gasteiger partial charge is 0.413 e. The highest BCUT2D eigenvalue weighted by atomic mass is 35.5. The van der Waals surface area contributed by atoms with Crippen molar-refractivity contribution in [2.24, 2.45) is 0 Å². The van der Waals surface area contributed by atoms with Crippen LogP contribution in [0, 0.1) is 11.6 Å². The molecule has 35 heavy (non-hydrogen) atoms. The standard InChI is InChI=1S/C21H14ClF7N4O2/c22-14-8-13(3-4-15(14)23)33(19(34)32-6-5-20(25,26)10-32)9-12-2-1-11(7-16(12)24)17-30-31-18(35-17)21(27,28)29/h1-4,7-8H,5-6,9-10H2. The van der Waals surface area contributed by atoms with E-state index >= 15 is 0 Å². The van der Waals surface area contributed by atoms with Crippen LogP contribution in [-0.4, -0.2) is 40.1 Å². The molecule has 0 atom stereocenters. The molecule has 1 aliphatic heterocycles. The van der Waals surface area contributed by atoms with E-state index in [0.29, 0.717) is 0 Å². The molecule has 0 radical (unpaired) electrons. The van der Waals surface area contributed by atoms with E-state index in [0.717, 1.165) is 34.1 Å². The average Bonchev–Trinajstić information content (AvgIpc) is 3.41. The summed E-state index contributed by atoms with van der Waals surface area (Å²) in [5.41, 5.74) is -0.257. The molecule has 0 saturated carbocycles. The lowest BCUT2D eigenvalue weighted by Crippen LogP contribution is -2.43.